The normalized spacial score (nSPS) is 14.6. The van der Waals surface area contributed by atoms with Crippen molar-refractivity contribution >= 4 is 17.4 Å². The van der Waals surface area contributed by atoms with Crippen molar-refractivity contribution in [3.8, 4) is 5.69 Å². The predicted molar refractivity (Wildman–Crippen MR) is 83.9 cm³/mol. The maximum absolute atomic E-state index is 6.18. The summed E-state index contributed by atoms with van der Waals surface area (Å²) < 4.78 is 2.05. The summed E-state index contributed by atoms with van der Waals surface area (Å²) in [4.78, 5) is 2.45. The van der Waals surface area contributed by atoms with Gasteiger partial charge >= 0.3 is 0 Å². The topological polar surface area (TPSA) is 21.1 Å². The van der Waals surface area contributed by atoms with E-state index < -0.39 is 0 Å². The Bertz CT molecular complexity index is 587. The molecule has 0 bridgehead atoms. The molecule has 1 saturated carbocycles. The molecule has 3 nitrogen and oxygen atoms in total. The van der Waals surface area contributed by atoms with Crippen LogP contribution in [-0.2, 0) is 5.88 Å². The minimum Gasteiger partial charge on any atom is -0.354 e. The highest BCUT2D eigenvalue weighted by atomic mass is 35.5. The van der Waals surface area contributed by atoms with Gasteiger partial charge in [-0.15, -0.1) is 11.6 Å². The van der Waals surface area contributed by atoms with Gasteiger partial charge in [0.25, 0.3) is 0 Å². The number of rotatable bonds is 5. The van der Waals surface area contributed by atoms with Crippen molar-refractivity contribution in [1.29, 1.82) is 0 Å². The minimum atomic E-state index is 0.511. The summed E-state index contributed by atoms with van der Waals surface area (Å²) >= 11 is 6.18. The van der Waals surface area contributed by atoms with Crippen molar-refractivity contribution in [2.75, 3.05) is 11.4 Å². The fourth-order valence-electron chi connectivity index (χ4n) is 2.72. The average molecular weight is 290 g/mol. The quantitative estimate of drug-likeness (QED) is 0.778. The standard InChI is InChI=1S/C16H20ClN3/c1-3-19(13-9-10-13)16-15(11-17)12(2)18-20(16)14-7-5-4-6-8-14/h4-8,13H,3,9-11H2,1-2H3. The van der Waals surface area contributed by atoms with E-state index in [0.717, 1.165) is 23.5 Å². The molecule has 1 heterocycles. The number of aryl methyl sites for hydroxylation is 1. The van der Waals surface area contributed by atoms with Crippen molar-refractivity contribution in [2.45, 2.75) is 38.6 Å². The lowest BCUT2D eigenvalue weighted by Gasteiger charge is -2.25. The van der Waals surface area contributed by atoms with Crippen molar-refractivity contribution in [2.24, 2.45) is 0 Å². The third kappa shape index (κ3) is 2.31. The van der Waals surface area contributed by atoms with Crippen molar-refractivity contribution in [3.63, 3.8) is 0 Å². The molecule has 0 aliphatic heterocycles. The molecule has 2 aromatic rings. The van der Waals surface area contributed by atoms with Crippen LogP contribution < -0.4 is 4.90 Å². The Morgan fingerprint density at radius 2 is 2.00 bits per heavy atom. The zero-order valence-corrected chi connectivity index (χ0v) is 12.8. The van der Waals surface area contributed by atoms with E-state index in [1.165, 1.54) is 18.7 Å². The van der Waals surface area contributed by atoms with Crippen LogP contribution in [0.1, 0.15) is 31.0 Å². The molecule has 0 amide bonds. The van der Waals surface area contributed by atoms with Gasteiger partial charge in [0.15, 0.2) is 0 Å². The number of hydrogen-bond acceptors (Lipinski definition) is 2. The second kappa shape index (κ2) is 5.49. The van der Waals surface area contributed by atoms with E-state index in [-0.39, 0.29) is 0 Å². The first-order valence-electron chi connectivity index (χ1n) is 7.22. The lowest BCUT2D eigenvalue weighted by Crippen LogP contribution is -2.28. The summed E-state index contributed by atoms with van der Waals surface area (Å²) in [5, 5.41) is 4.72. The van der Waals surface area contributed by atoms with Crippen LogP contribution in [0.4, 0.5) is 5.82 Å². The fourth-order valence-corrected chi connectivity index (χ4v) is 3.03. The van der Waals surface area contributed by atoms with Crippen LogP contribution in [0.3, 0.4) is 0 Å². The van der Waals surface area contributed by atoms with E-state index in [9.17, 15) is 0 Å². The molecule has 4 heteroatoms. The van der Waals surface area contributed by atoms with Gasteiger partial charge in [0.1, 0.15) is 5.82 Å². The van der Waals surface area contributed by atoms with Gasteiger partial charge in [-0.2, -0.15) is 5.10 Å². The molecule has 106 valence electrons. The van der Waals surface area contributed by atoms with Gasteiger partial charge in [-0.3, -0.25) is 0 Å². The Kier molecular flexibility index (Phi) is 3.70. The van der Waals surface area contributed by atoms with Gasteiger partial charge in [0.05, 0.1) is 17.3 Å². The van der Waals surface area contributed by atoms with Gasteiger partial charge in [0, 0.05) is 18.2 Å². The zero-order chi connectivity index (χ0) is 14.1. The lowest BCUT2D eigenvalue weighted by molar-refractivity contribution is 0.756. The molecular weight excluding hydrogens is 270 g/mol. The van der Waals surface area contributed by atoms with E-state index in [4.69, 9.17) is 16.7 Å². The van der Waals surface area contributed by atoms with Gasteiger partial charge in [0.2, 0.25) is 0 Å². The summed E-state index contributed by atoms with van der Waals surface area (Å²) in [6.07, 6.45) is 2.54. The van der Waals surface area contributed by atoms with Crippen LogP contribution in [-0.4, -0.2) is 22.4 Å². The molecule has 1 aliphatic rings. The Hall–Kier alpha value is -1.48. The summed E-state index contributed by atoms with van der Waals surface area (Å²) in [7, 11) is 0. The lowest BCUT2D eigenvalue weighted by atomic mass is 10.2. The van der Waals surface area contributed by atoms with E-state index in [1.807, 2.05) is 25.1 Å². The maximum Gasteiger partial charge on any atom is 0.137 e. The smallest absolute Gasteiger partial charge is 0.137 e. The fraction of sp³-hybridized carbons (Fsp3) is 0.438. The molecule has 1 aromatic carbocycles. The van der Waals surface area contributed by atoms with Crippen molar-refractivity contribution in [1.82, 2.24) is 9.78 Å². The first kappa shape index (κ1) is 13.5. The van der Waals surface area contributed by atoms with Crippen LogP contribution in [0, 0.1) is 6.92 Å². The Morgan fingerprint density at radius 3 is 2.55 bits per heavy atom. The van der Waals surface area contributed by atoms with Crippen LogP contribution in [0.2, 0.25) is 0 Å². The number of nitrogens with zero attached hydrogens (tertiary/aromatic N) is 3. The van der Waals surface area contributed by atoms with Gasteiger partial charge in [-0.25, -0.2) is 4.68 Å². The van der Waals surface area contributed by atoms with Crippen LogP contribution in [0.25, 0.3) is 5.69 Å². The number of benzene rings is 1. The molecular formula is C16H20ClN3. The van der Waals surface area contributed by atoms with E-state index in [0.29, 0.717) is 11.9 Å². The summed E-state index contributed by atoms with van der Waals surface area (Å²) in [6, 6.07) is 11.0. The van der Waals surface area contributed by atoms with Gasteiger partial charge < -0.3 is 4.90 Å². The molecule has 1 aromatic heterocycles. The van der Waals surface area contributed by atoms with Crippen molar-refractivity contribution < 1.29 is 0 Å². The molecule has 0 spiro atoms. The Morgan fingerprint density at radius 1 is 1.30 bits per heavy atom. The molecule has 0 saturated heterocycles. The third-order valence-electron chi connectivity index (χ3n) is 3.89. The van der Waals surface area contributed by atoms with E-state index in [2.05, 4.69) is 28.6 Å². The SMILES string of the molecule is CCN(c1c(CCl)c(C)nn1-c1ccccc1)C1CC1. The number of halogens is 1. The number of para-hydroxylation sites is 1. The molecule has 3 rings (SSSR count). The van der Waals surface area contributed by atoms with Crippen molar-refractivity contribution in [3.05, 3.63) is 41.6 Å². The number of hydrogen-bond donors (Lipinski definition) is 0. The molecule has 0 radical (unpaired) electrons. The molecule has 0 atom stereocenters. The molecule has 0 unspecified atom stereocenters. The van der Waals surface area contributed by atoms with Gasteiger partial charge in [-0.1, -0.05) is 18.2 Å². The largest absolute Gasteiger partial charge is 0.354 e. The molecule has 20 heavy (non-hydrogen) atoms. The number of anilines is 1. The molecule has 0 N–H and O–H groups in total. The van der Waals surface area contributed by atoms with Crippen LogP contribution in [0.15, 0.2) is 30.3 Å². The average Bonchev–Trinajstić information content (AvgIpc) is 3.25. The summed E-state index contributed by atoms with van der Waals surface area (Å²) in [6.45, 7) is 5.24. The minimum absolute atomic E-state index is 0.511. The van der Waals surface area contributed by atoms with E-state index in [1.54, 1.807) is 0 Å². The summed E-state index contributed by atoms with van der Waals surface area (Å²) in [5.41, 5.74) is 3.28. The highest BCUT2D eigenvalue weighted by molar-refractivity contribution is 6.17. The van der Waals surface area contributed by atoms with E-state index >= 15 is 0 Å². The second-order valence-corrected chi connectivity index (χ2v) is 5.55. The highest BCUT2D eigenvalue weighted by Crippen LogP contribution is 2.36. The summed E-state index contributed by atoms with van der Waals surface area (Å²) in [5.74, 6) is 1.69. The number of aromatic nitrogens is 2. The molecule has 1 fully saturated rings. The maximum atomic E-state index is 6.18. The van der Waals surface area contributed by atoms with Crippen LogP contribution >= 0.6 is 11.6 Å². The number of alkyl halides is 1. The first-order valence-corrected chi connectivity index (χ1v) is 7.76. The Labute approximate surface area is 125 Å². The second-order valence-electron chi connectivity index (χ2n) is 5.29. The predicted octanol–water partition coefficient (Wildman–Crippen LogP) is 3.91. The third-order valence-corrected chi connectivity index (χ3v) is 4.16. The van der Waals surface area contributed by atoms with Crippen LogP contribution in [0.5, 0.6) is 0 Å². The Balaban J connectivity index is 2.14. The monoisotopic (exact) mass is 289 g/mol. The highest BCUT2D eigenvalue weighted by Gasteiger charge is 2.32. The van der Waals surface area contributed by atoms with Gasteiger partial charge in [-0.05, 0) is 38.8 Å². The first-order chi connectivity index (χ1) is 9.76. The molecule has 1 aliphatic carbocycles. The zero-order valence-electron chi connectivity index (χ0n) is 12.0.